The fourth-order valence-corrected chi connectivity index (χ4v) is 3.18. The first-order valence-corrected chi connectivity index (χ1v) is 8.24. The standard InChI is InChI=1S/C19H23FN2O2/c1-24-19-11-14(4-9-18(19)23)12-22-10-2-3-17(13-22)21-16-7-5-15(20)6-8-16/h4-9,11,17,21,23H,2-3,10,12-13H2,1H3/t17-/m0/s1. The molecule has 2 aromatic carbocycles. The molecule has 0 amide bonds. The third-order valence-corrected chi connectivity index (χ3v) is 4.37. The average molecular weight is 330 g/mol. The van der Waals surface area contributed by atoms with Crippen LogP contribution in [0, 0.1) is 5.82 Å². The molecule has 1 fully saturated rings. The lowest BCUT2D eigenvalue weighted by Gasteiger charge is -2.33. The highest BCUT2D eigenvalue weighted by Crippen LogP contribution is 2.27. The van der Waals surface area contributed by atoms with Crippen molar-refractivity contribution < 1.29 is 14.2 Å². The molecule has 0 radical (unpaired) electrons. The molecule has 4 nitrogen and oxygen atoms in total. The Labute approximate surface area is 141 Å². The van der Waals surface area contributed by atoms with Crippen LogP contribution in [0.15, 0.2) is 42.5 Å². The first kappa shape index (κ1) is 16.6. The number of nitrogens with zero attached hydrogens (tertiary/aromatic N) is 1. The van der Waals surface area contributed by atoms with Crippen molar-refractivity contribution in [1.82, 2.24) is 4.90 Å². The van der Waals surface area contributed by atoms with Gasteiger partial charge in [-0.2, -0.15) is 0 Å². The molecule has 24 heavy (non-hydrogen) atoms. The van der Waals surface area contributed by atoms with Crippen LogP contribution in [0.4, 0.5) is 10.1 Å². The zero-order chi connectivity index (χ0) is 16.9. The summed E-state index contributed by atoms with van der Waals surface area (Å²) in [6, 6.07) is 12.3. The van der Waals surface area contributed by atoms with E-state index in [1.807, 2.05) is 12.1 Å². The van der Waals surface area contributed by atoms with Gasteiger partial charge in [-0.05, 0) is 61.3 Å². The van der Waals surface area contributed by atoms with E-state index in [-0.39, 0.29) is 11.6 Å². The molecule has 1 aliphatic heterocycles. The molecule has 1 saturated heterocycles. The van der Waals surface area contributed by atoms with Crippen molar-refractivity contribution in [2.75, 3.05) is 25.5 Å². The minimum absolute atomic E-state index is 0.163. The summed E-state index contributed by atoms with van der Waals surface area (Å²) in [7, 11) is 1.56. The van der Waals surface area contributed by atoms with E-state index in [0.29, 0.717) is 11.8 Å². The molecule has 2 N–H and O–H groups in total. The lowest BCUT2D eigenvalue weighted by atomic mass is 10.0. The molecule has 0 unspecified atom stereocenters. The van der Waals surface area contributed by atoms with Gasteiger partial charge in [0.25, 0.3) is 0 Å². The number of methoxy groups -OCH3 is 1. The third kappa shape index (κ3) is 4.17. The molecule has 0 saturated carbocycles. The van der Waals surface area contributed by atoms with Crippen LogP contribution in [0.5, 0.6) is 11.5 Å². The Balaban J connectivity index is 1.60. The zero-order valence-corrected chi connectivity index (χ0v) is 13.8. The Morgan fingerprint density at radius 1 is 1.25 bits per heavy atom. The maximum Gasteiger partial charge on any atom is 0.160 e. The van der Waals surface area contributed by atoms with Gasteiger partial charge in [0.1, 0.15) is 5.82 Å². The van der Waals surface area contributed by atoms with E-state index in [1.165, 1.54) is 12.1 Å². The number of phenols is 1. The van der Waals surface area contributed by atoms with E-state index in [1.54, 1.807) is 25.3 Å². The number of hydrogen-bond acceptors (Lipinski definition) is 4. The second kappa shape index (κ2) is 7.53. The summed E-state index contributed by atoms with van der Waals surface area (Å²) >= 11 is 0. The molecule has 2 aromatic rings. The zero-order valence-electron chi connectivity index (χ0n) is 13.8. The van der Waals surface area contributed by atoms with Crippen LogP contribution in [0.25, 0.3) is 0 Å². The van der Waals surface area contributed by atoms with Gasteiger partial charge in [0.2, 0.25) is 0 Å². The first-order valence-electron chi connectivity index (χ1n) is 8.24. The number of likely N-dealkylation sites (tertiary alicyclic amines) is 1. The second-order valence-corrected chi connectivity index (χ2v) is 6.23. The number of anilines is 1. The molecule has 0 bridgehead atoms. The van der Waals surface area contributed by atoms with Gasteiger partial charge >= 0.3 is 0 Å². The monoisotopic (exact) mass is 330 g/mol. The Morgan fingerprint density at radius 2 is 2.04 bits per heavy atom. The summed E-state index contributed by atoms with van der Waals surface area (Å²) in [5.74, 6) is 0.452. The maximum absolute atomic E-state index is 13.0. The number of benzene rings is 2. The summed E-state index contributed by atoms with van der Waals surface area (Å²) in [5.41, 5.74) is 2.07. The van der Waals surface area contributed by atoms with E-state index < -0.39 is 0 Å². The molecule has 5 heteroatoms. The molecular formula is C19H23FN2O2. The summed E-state index contributed by atoms with van der Waals surface area (Å²) in [6.45, 7) is 2.80. The van der Waals surface area contributed by atoms with Gasteiger partial charge in [-0.3, -0.25) is 4.90 Å². The minimum Gasteiger partial charge on any atom is -0.504 e. The summed E-state index contributed by atoms with van der Waals surface area (Å²) in [4.78, 5) is 2.39. The molecule has 3 rings (SSSR count). The van der Waals surface area contributed by atoms with E-state index in [9.17, 15) is 9.50 Å². The molecule has 1 aliphatic rings. The minimum atomic E-state index is -0.216. The number of nitrogens with one attached hydrogen (secondary N) is 1. The number of aromatic hydroxyl groups is 1. The van der Waals surface area contributed by atoms with Crippen molar-refractivity contribution in [3.05, 3.63) is 53.8 Å². The van der Waals surface area contributed by atoms with E-state index in [4.69, 9.17) is 4.74 Å². The lowest BCUT2D eigenvalue weighted by Crippen LogP contribution is -2.41. The highest BCUT2D eigenvalue weighted by atomic mass is 19.1. The smallest absolute Gasteiger partial charge is 0.160 e. The Kier molecular flexibility index (Phi) is 5.20. The molecule has 128 valence electrons. The fraction of sp³-hybridized carbons (Fsp3) is 0.368. The van der Waals surface area contributed by atoms with Crippen LogP contribution in [0.2, 0.25) is 0 Å². The number of ether oxygens (including phenoxy) is 1. The predicted octanol–water partition coefficient (Wildman–Crippen LogP) is 3.62. The summed E-state index contributed by atoms with van der Waals surface area (Å²) in [5, 5.41) is 13.2. The van der Waals surface area contributed by atoms with Gasteiger partial charge in [-0.25, -0.2) is 4.39 Å². The number of rotatable bonds is 5. The Morgan fingerprint density at radius 3 is 2.79 bits per heavy atom. The van der Waals surface area contributed by atoms with E-state index >= 15 is 0 Å². The first-order chi connectivity index (χ1) is 11.6. The summed E-state index contributed by atoms with van der Waals surface area (Å²) < 4.78 is 18.2. The highest BCUT2D eigenvalue weighted by Gasteiger charge is 2.20. The van der Waals surface area contributed by atoms with Crippen molar-refractivity contribution in [3.63, 3.8) is 0 Å². The molecule has 1 heterocycles. The van der Waals surface area contributed by atoms with Crippen LogP contribution in [0.1, 0.15) is 18.4 Å². The van der Waals surface area contributed by atoms with Crippen molar-refractivity contribution in [1.29, 1.82) is 0 Å². The van der Waals surface area contributed by atoms with Crippen LogP contribution >= 0.6 is 0 Å². The van der Waals surface area contributed by atoms with Gasteiger partial charge in [0.15, 0.2) is 11.5 Å². The van der Waals surface area contributed by atoms with Gasteiger partial charge in [0.05, 0.1) is 7.11 Å². The lowest BCUT2D eigenvalue weighted by molar-refractivity contribution is 0.208. The van der Waals surface area contributed by atoms with E-state index in [2.05, 4.69) is 10.2 Å². The quantitative estimate of drug-likeness (QED) is 0.879. The topological polar surface area (TPSA) is 44.7 Å². The number of hydrogen-bond donors (Lipinski definition) is 2. The van der Waals surface area contributed by atoms with E-state index in [0.717, 1.165) is 43.7 Å². The Bertz CT molecular complexity index is 676. The van der Waals surface area contributed by atoms with Crippen molar-refractivity contribution in [2.45, 2.75) is 25.4 Å². The fourth-order valence-electron chi connectivity index (χ4n) is 3.18. The van der Waals surface area contributed by atoms with Gasteiger partial charge in [-0.15, -0.1) is 0 Å². The number of piperidine rings is 1. The molecular weight excluding hydrogens is 307 g/mol. The molecule has 0 aromatic heterocycles. The molecule has 1 atom stereocenters. The van der Waals surface area contributed by atoms with Crippen molar-refractivity contribution in [3.8, 4) is 11.5 Å². The third-order valence-electron chi connectivity index (χ3n) is 4.37. The number of phenolic OH excluding ortho intramolecular Hbond substituents is 1. The van der Waals surface area contributed by atoms with Gasteiger partial charge in [-0.1, -0.05) is 6.07 Å². The van der Waals surface area contributed by atoms with Crippen LogP contribution in [-0.2, 0) is 6.54 Å². The average Bonchev–Trinajstić information content (AvgIpc) is 2.59. The van der Waals surface area contributed by atoms with Crippen molar-refractivity contribution >= 4 is 5.69 Å². The molecule has 0 aliphatic carbocycles. The summed E-state index contributed by atoms with van der Waals surface area (Å²) in [6.07, 6.45) is 2.22. The largest absolute Gasteiger partial charge is 0.504 e. The predicted molar refractivity (Wildman–Crippen MR) is 93.0 cm³/mol. The van der Waals surface area contributed by atoms with Gasteiger partial charge in [0, 0.05) is 24.8 Å². The molecule has 0 spiro atoms. The number of halogens is 1. The maximum atomic E-state index is 13.0. The van der Waals surface area contributed by atoms with Crippen LogP contribution in [0.3, 0.4) is 0 Å². The van der Waals surface area contributed by atoms with Crippen LogP contribution < -0.4 is 10.1 Å². The SMILES string of the molecule is COc1cc(CN2CCC[C@H](Nc3ccc(F)cc3)C2)ccc1O. The van der Waals surface area contributed by atoms with Crippen LogP contribution in [-0.4, -0.2) is 36.2 Å². The Hall–Kier alpha value is -2.27. The second-order valence-electron chi connectivity index (χ2n) is 6.23. The highest BCUT2D eigenvalue weighted by molar-refractivity contribution is 5.44. The van der Waals surface area contributed by atoms with Gasteiger partial charge < -0.3 is 15.2 Å². The normalized spacial score (nSPS) is 18.3. The van der Waals surface area contributed by atoms with Crippen molar-refractivity contribution in [2.24, 2.45) is 0 Å².